The standard InChI is InChI=1S/C50H96NO8P/c1-3-5-7-9-11-13-15-17-19-21-22-23-24-25-27-29-31-33-35-37-39-41-43-50(53)59-48(47-58-60(54,55)57-45-44-51)46-56-49(52)42-40-38-36-34-32-30-28-26-20-18-16-14-12-10-8-6-4-2/h12,14,18,20,48H,3-11,13,15-17,19,21-47,51H2,1-2H3,(H,54,55)/b14-12+,20-18+/t48-/m1/s1. The summed E-state index contributed by atoms with van der Waals surface area (Å²) in [4.78, 5) is 35.0. The Morgan fingerprint density at radius 1 is 0.500 bits per heavy atom. The highest BCUT2D eigenvalue weighted by Gasteiger charge is 2.26. The Balaban J connectivity index is 4.02. The first-order valence-electron chi connectivity index (χ1n) is 25.3. The van der Waals surface area contributed by atoms with Gasteiger partial charge < -0.3 is 20.1 Å². The van der Waals surface area contributed by atoms with Crippen LogP contribution in [0.15, 0.2) is 24.3 Å². The Hall–Kier alpha value is -1.51. The molecule has 0 aliphatic carbocycles. The molecule has 0 spiro atoms. The van der Waals surface area contributed by atoms with Crippen LogP contribution >= 0.6 is 7.82 Å². The largest absolute Gasteiger partial charge is 0.472 e. The average molecular weight is 870 g/mol. The number of esters is 2. The van der Waals surface area contributed by atoms with Crippen molar-refractivity contribution in [3.8, 4) is 0 Å². The summed E-state index contributed by atoms with van der Waals surface area (Å²) in [5.41, 5.74) is 5.36. The van der Waals surface area contributed by atoms with Gasteiger partial charge in [-0.05, 0) is 44.9 Å². The number of rotatable bonds is 48. The van der Waals surface area contributed by atoms with Gasteiger partial charge in [0.15, 0.2) is 6.10 Å². The predicted molar refractivity (Wildman–Crippen MR) is 252 cm³/mol. The first-order valence-corrected chi connectivity index (χ1v) is 26.8. The highest BCUT2D eigenvalue weighted by molar-refractivity contribution is 7.47. The molecule has 0 amide bonds. The van der Waals surface area contributed by atoms with Gasteiger partial charge in [0.05, 0.1) is 13.2 Å². The summed E-state index contributed by atoms with van der Waals surface area (Å²) in [6.45, 7) is 3.75. The third kappa shape index (κ3) is 46.0. The molecule has 1 unspecified atom stereocenters. The average Bonchev–Trinajstić information content (AvgIpc) is 3.24. The van der Waals surface area contributed by atoms with E-state index >= 15 is 0 Å². The topological polar surface area (TPSA) is 134 Å². The van der Waals surface area contributed by atoms with Crippen molar-refractivity contribution in [3.05, 3.63) is 24.3 Å². The van der Waals surface area contributed by atoms with E-state index in [0.717, 1.165) is 51.4 Å². The fraction of sp³-hybridized carbons (Fsp3) is 0.880. The minimum absolute atomic E-state index is 0.0542. The number of nitrogens with two attached hydrogens (primary N) is 1. The van der Waals surface area contributed by atoms with E-state index in [1.165, 1.54) is 167 Å². The first-order chi connectivity index (χ1) is 29.3. The molecule has 0 saturated carbocycles. The number of allylic oxidation sites excluding steroid dienone is 4. The molecule has 60 heavy (non-hydrogen) atoms. The number of hydrogen-bond acceptors (Lipinski definition) is 8. The van der Waals surface area contributed by atoms with Gasteiger partial charge in [0.1, 0.15) is 6.61 Å². The van der Waals surface area contributed by atoms with Crippen LogP contribution < -0.4 is 5.73 Å². The van der Waals surface area contributed by atoms with Crippen LogP contribution in [0.3, 0.4) is 0 Å². The van der Waals surface area contributed by atoms with E-state index in [4.69, 9.17) is 24.3 Å². The monoisotopic (exact) mass is 870 g/mol. The fourth-order valence-corrected chi connectivity index (χ4v) is 8.08. The molecule has 0 heterocycles. The van der Waals surface area contributed by atoms with Crippen molar-refractivity contribution in [2.45, 2.75) is 258 Å². The summed E-state index contributed by atoms with van der Waals surface area (Å²) in [7, 11) is -4.38. The molecule has 0 aliphatic rings. The molecule has 9 nitrogen and oxygen atoms in total. The SMILES string of the molecule is CCCCC/C=C/C/C=C/CCCCCCCCCC(=O)OC[C@H](COP(=O)(O)OCCN)OC(=O)CCCCCCCCCCCCCCCCCCCCCCCC. The lowest BCUT2D eigenvalue weighted by atomic mass is 10.0. The predicted octanol–water partition coefficient (Wildman–Crippen LogP) is 15.1. The second-order valence-corrected chi connectivity index (χ2v) is 18.5. The number of ether oxygens (including phenoxy) is 2. The van der Waals surface area contributed by atoms with Crippen molar-refractivity contribution in [1.82, 2.24) is 0 Å². The zero-order valence-corrected chi connectivity index (χ0v) is 40.1. The molecular formula is C50H96NO8P. The maximum Gasteiger partial charge on any atom is 0.472 e. The molecule has 354 valence electrons. The number of carbonyl (C=O) groups is 2. The van der Waals surface area contributed by atoms with Crippen molar-refractivity contribution in [2.24, 2.45) is 5.73 Å². The molecule has 0 fully saturated rings. The van der Waals surface area contributed by atoms with Crippen LogP contribution in [0, 0.1) is 0 Å². The van der Waals surface area contributed by atoms with Crippen LogP contribution in [0.1, 0.15) is 251 Å². The van der Waals surface area contributed by atoms with Crippen molar-refractivity contribution in [2.75, 3.05) is 26.4 Å². The highest BCUT2D eigenvalue weighted by Crippen LogP contribution is 2.43. The molecule has 0 aromatic rings. The van der Waals surface area contributed by atoms with Gasteiger partial charge in [0.25, 0.3) is 0 Å². The minimum atomic E-state index is -4.38. The molecule has 2 atom stereocenters. The van der Waals surface area contributed by atoms with Crippen LogP contribution in [-0.4, -0.2) is 49.3 Å². The summed E-state index contributed by atoms with van der Waals surface area (Å²) in [6.07, 6.45) is 52.1. The van der Waals surface area contributed by atoms with Crippen LogP contribution in [0.5, 0.6) is 0 Å². The van der Waals surface area contributed by atoms with Crippen LogP contribution in [-0.2, 0) is 32.7 Å². The number of hydrogen-bond donors (Lipinski definition) is 2. The number of unbranched alkanes of at least 4 members (excludes halogenated alkanes) is 31. The van der Waals surface area contributed by atoms with E-state index < -0.39 is 26.5 Å². The van der Waals surface area contributed by atoms with Gasteiger partial charge in [-0.1, -0.05) is 218 Å². The quantitative estimate of drug-likeness (QED) is 0.0265. The van der Waals surface area contributed by atoms with Gasteiger partial charge >= 0.3 is 19.8 Å². The molecule has 0 aliphatic heterocycles. The van der Waals surface area contributed by atoms with E-state index in [0.29, 0.717) is 6.42 Å². The van der Waals surface area contributed by atoms with E-state index in [1.54, 1.807) is 0 Å². The summed E-state index contributed by atoms with van der Waals surface area (Å²) in [5.74, 6) is -0.824. The Morgan fingerprint density at radius 3 is 1.30 bits per heavy atom. The molecule has 0 bridgehead atoms. The highest BCUT2D eigenvalue weighted by atomic mass is 31.2. The zero-order chi connectivity index (χ0) is 43.9. The lowest BCUT2D eigenvalue weighted by Gasteiger charge is -2.19. The van der Waals surface area contributed by atoms with E-state index in [2.05, 4.69) is 38.2 Å². The second-order valence-electron chi connectivity index (χ2n) is 17.0. The Kier molecular flexibility index (Phi) is 45.8. The molecule has 0 aromatic heterocycles. The van der Waals surface area contributed by atoms with Gasteiger partial charge in [0.2, 0.25) is 0 Å². The van der Waals surface area contributed by atoms with E-state index in [1.807, 2.05) is 0 Å². The third-order valence-electron chi connectivity index (χ3n) is 11.1. The van der Waals surface area contributed by atoms with Crippen LogP contribution in [0.25, 0.3) is 0 Å². The summed E-state index contributed by atoms with van der Waals surface area (Å²) >= 11 is 0. The molecule has 10 heteroatoms. The van der Waals surface area contributed by atoms with Crippen molar-refractivity contribution < 1.29 is 37.6 Å². The van der Waals surface area contributed by atoms with Crippen molar-refractivity contribution in [3.63, 3.8) is 0 Å². The van der Waals surface area contributed by atoms with Crippen molar-refractivity contribution in [1.29, 1.82) is 0 Å². The van der Waals surface area contributed by atoms with E-state index in [9.17, 15) is 19.0 Å². The number of carbonyl (C=O) groups excluding carboxylic acids is 2. The number of phosphoric acid groups is 1. The number of phosphoric ester groups is 1. The maximum atomic E-state index is 12.6. The molecule has 3 N–H and O–H groups in total. The zero-order valence-electron chi connectivity index (χ0n) is 39.2. The van der Waals surface area contributed by atoms with Gasteiger partial charge in [-0.2, -0.15) is 0 Å². The van der Waals surface area contributed by atoms with Crippen LogP contribution in [0.4, 0.5) is 0 Å². The molecule has 0 radical (unpaired) electrons. The normalized spacial score (nSPS) is 13.3. The molecule has 0 rings (SSSR count). The molecule has 0 saturated heterocycles. The molecular weight excluding hydrogens is 774 g/mol. The first kappa shape index (κ1) is 58.5. The molecule has 0 aromatic carbocycles. The summed E-state index contributed by atoms with van der Waals surface area (Å²) in [5, 5.41) is 0. The van der Waals surface area contributed by atoms with Gasteiger partial charge in [-0.25, -0.2) is 4.57 Å². The fourth-order valence-electron chi connectivity index (χ4n) is 7.31. The van der Waals surface area contributed by atoms with E-state index in [-0.39, 0.29) is 38.6 Å². The van der Waals surface area contributed by atoms with Gasteiger partial charge in [-0.3, -0.25) is 18.6 Å². The maximum absolute atomic E-state index is 12.6. The third-order valence-corrected chi connectivity index (χ3v) is 12.1. The smallest absolute Gasteiger partial charge is 0.462 e. The van der Waals surface area contributed by atoms with Gasteiger partial charge in [-0.15, -0.1) is 0 Å². The minimum Gasteiger partial charge on any atom is -0.462 e. The summed E-state index contributed by atoms with van der Waals surface area (Å²) < 4.78 is 32.9. The van der Waals surface area contributed by atoms with Gasteiger partial charge in [0, 0.05) is 19.4 Å². The Labute approximate surface area is 370 Å². The lowest BCUT2D eigenvalue weighted by molar-refractivity contribution is -0.161. The van der Waals surface area contributed by atoms with Crippen molar-refractivity contribution >= 4 is 19.8 Å². The Bertz CT molecular complexity index is 1040. The second kappa shape index (κ2) is 47.0. The lowest BCUT2D eigenvalue weighted by Crippen LogP contribution is -2.29. The Morgan fingerprint density at radius 2 is 0.867 bits per heavy atom. The van der Waals surface area contributed by atoms with Crippen LogP contribution in [0.2, 0.25) is 0 Å². The summed E-state index contributed by atoms with van der Waals surface area (Å²) in [6, 6.07) is 0.